The Morgan fingerprint density at radius 3 is 2.42 bits per heavy atom. The van der Waals surface area contributed by atoms with E-state index in [9.17, 15) is 9.59 Å². The van der Waals surface area contributed by atoms with Crippen LogP contribution in [0, 0.1) is 13.8 Å². The number of nitrogens with zero attached hydrogens (tertiary/aromatic N) is 4. The molecule has 0 saturated heterocycles. The standard InChI is InChI=1S/C30H23N5O2S3/c1-18-13-14-21(15-19(18)2)23-16-38-27-25(23)28(37)35(22-11-7-4-8-12-22)30(33-27)39-17-24(36)31-29-32-26(40-34-29)20-9-5-3-6-10-20/h3-16H,17H2,1-2H3,(H,31,34,36). The Morgan fingerprint density at radius 1 is 0.925 bits per heavy atom. The number of hydrogen-bond acceptors (Lipinski definition) is 8. The van der Waals surface area contributed by atoms with Crippen molar-refractivity contribution in [2.75, 3.05) is 11.1 Å². The molecule has 1 N–H and O–H groups in total. The molecular formula is C30H23N5O2S3. The number of thiophene rings is 1. The highest BCUT2D eigenvalue weighted by Crippen LogP contribution is 2.34. The Labute approximate surface area is 242 Å². The van der Waals surface area contributed by atoms with Crippen molar-refractivity contribution >= 4 is 56.7 Å². The fourth-order valence-electron chi connectivity index (χ4n) is 4.26. The van der Waals surface area contributed by atoms with Gasteiger partial charge in [-0.1, -0.05) is 78.5 Å². The fraction of sp³-hybridized carbons (Fsp3) is 0.100. The van der Waals surface area contributed by atoms with Crippen molar-refractivity contribution in [1.82, 2.24) is 18.9 Å². The van der Waals surface area contributed by atoms with E-state index in [0.29, 0.717) is 21.1 Å². The summed E-state index contributed by atoms with van der Waals surface area (Å²) in [4.78, 5) is 36.8. The van der Waals surface area contributed by atoms with Gasteiger partial charge in [0.1, 0.15) is 9.84 Å². The summed E-state index contributed by atoms with van der Waals surface area (Å²) in [6, 6.07) is 25.3. The highest BCUT2D eigenvalue weighted by molar-refractivity contribution is 7.99. The first kappa shape index (κ1) is 26.1. The Morgan fingerprint density at radius 2 is 1.68 bits per heavy atom. The quantitative estimate of drug-likeness (QED) is 0.162. The Kier molecular flexibility index (Phi) is 7.29. The number of nitrogens with one attached hydrogen (secondary N) is 1. The maximum atomic E-state index is 14.0. The molecule has 6 rings (SSSR count). The van der Waals surface area contributed by atoms with Gasteiger partial charge in [0.05, 0.1) is 16.8 Å². The molecule has 3 aromatic carbocycles. The normalized spacial score (nSPS) is 11.2. The number of benzene rings is 3. The number of amides is 1. The van der Waals surface area contributed by atoms with Gasteiger partial charge in [0.2, 0.25) is 11.9 Å². The van der Waals surface area contributed by atoms with Gasteiger partial charge in [0, 0.05) is 16.5 Å². The summed E-state index contributed by atoms with van der Waals surface area (Å²) in [7, 11) is 0. The number of thioether (sulfide) groups is 1. The molecule has 0 saturated carbocycles. The number of rotatable bonds is 7. The highest BCUT2D eigenvalue weighted by atomic mass is 32.2. The number of carbonyl (C=O) groups excluding carboxylic acids is 1. The zero-order valence-corrected chi connectivity index (χ0v) is 24.1. The van der Waals surface area contributed by atoms with Crippen LogP contribution in [0.2, 0.25) is 0 Å². The molecular weight excluding hydrogens is 559 g/mol. The van der Waals surface area contributed by atoms with Gasteiger partial charge in [-0.2, -0.15) is 9.36 Å². The molecule has 3 aromatic heterocycles. The minimum Gasteiger partial charge on any atom is -0.293 e. The largest absolute Gasteiger partial charge is 0.293 e. The van der Waals surface area contributed by atoms with Gasteiger partial charge >= 0.3 is 0 Å². The number of anilines is 1. The van der Waals surface area contributed by atoms with Crippen molar-refractivity contribution in [2.24, 2.45) is 0 Å². The smallest absolute Gasteiger partial charge is 0.268 e. The molecule has 0 bridgehead atoms. The van der Waals surface area contributed by atoms with E-state index in [4.69, 9.17) is 4.98 Å². The minimum absolute atomic E-state index is 0.0417. The number of para-hydroxylation sites is 1. The molecule has 0 aliphatic rings. The molecule has 6 aromatic rings. The van der Waals surface area contributed by atoms with Crippen molar-refractivity contribution in [3.8, 4) is 27.4 Å². The van der Waals surface area contributed by atoms with E-state index in [1.165, 1.54) is 40.2 Å². The molecule has 7 nitrogen and oxygen atoms in total. The summed E-state index contributed by atoms with van der Waals surface area (Å²) < 4.78 is 5.86. The van der Waals surface area contributed by atoms with Crippen molar-refractivity contribution < 1.29 is 4.79 Å². The second kappa shape index (κ2) is 11.2. The molecule has 0 aliphatic heterocycles. The highest BCUT2D eigenvalue weighted by Gasteiger charge is 2.20. The first-order valence-electron chi connectivity index (χ1n) is 12.5. The van der Waals surface area contributed by atoms with Crippen LogP contribution in [0.25, 0.3) is 37.6 Å². The van der Waals surface area contributed by atoms with Crippen LogP contribution in [-0.4, -0.2) is 30.6 Å². The summed E-state index contributed by atoms with van der Waals surface area (Å²) >= 11 is 3.86. The van der Waals surface area contributed by atoms with Gasteiger partial charge in [0.15, 0.2) is 5.16 Å². The van der Waals surface area contributed by atoms with Crippen molar-refractivity contribution in [2.45, 2.75) is 19.0 Å². The second-order valence-corrected chi connectivity index (χ2v) is 11.7. The molecule has 10 heteroatoms. The lowest BCUT2D eigenvalue weighted by Crippen LogP contribution is -2.22. The molecule has 3 heterocycles. The predicted octanol–water partition coefficient (Wildman–Crippen LogP) is 6.98. The summed E-state index contributed by atoms with van der Waals surface area (Å²) in [5.41, 5.74) is 5.68. The molecule has 40 heavy (non-hydrogen) atoms. The fourth-order valence-corrected chi connectivity index (χ4v) is 6.69. The monoisotopic (exact) mass is 581 g/mol. The number of fused-ring (bicyclic) bond motifs is 1. The van der Waals surface area contributed by atoms with Gasteiger partial charge in [-0.3, -0.25) is 19.5 Å². The van der Waals surface area contributed by atoms with Crippen molar-refractivity contribution in [3.05, 3.63) is 106 Å². The third-order valence-corrected chi connectivity index (χ3v) is 9.01. The first-order chi connectivity index (χ1) is 19.5. The SMILES string of the molecule is Cc1ccc(-c2csc3nc(SCC(=O)Nc4nsc(-c5ccccc5)n4)n(-c4ccccc4)c(=O)c23)cc1C. The van der Waals surface area contributed by atoms with E-state index in [1.54, 1.807) is 4.57 Å². The number of carbonyl (C=O) groups is 1. The van der Waals surface area contributed by atoms with Crippen molar-refractivity contribution in [3.63, 3.8) is 0 Å². The van der Waals surface area contributed by atoms with Gasteiger partial charge in [-0.05, 0) is 54.2 Å². The maximum absolute atomic E-state index is 14.0. The van der Waals surface area contributed by atoms with Gasteiger partial charge in [0.25, 0.3) is 5.56 Å². The average molecular weight is 582 g/mol. The molecule has 1 amide bonds. The molecule has 0 atom stereocenters. The van der Waals surface area contributed by atoms with Crippen LogP contribution in [0.5, 0.6) is 0 Å². The van der Waals surface area contributed by atoms with Crippen LogP contribution in [0.4, 0.5) is 5.95 Å². The summed E-state index contributed by atoms with van der Waals surface area (Å²) in [5.74, 6) is 0.0213. The zero-order valence-electron chi connectivity index (χ0n) is 21.6. The van der Waals surface area contributed by atoms with E-state index < -0.39 is 0 Å². The van der Waals surface area contributed by atoms with Crippen LogP contribution in [-0.2, 0) is 4.79 Å². The third kappa shape index (κ3) is 5.21. The van der Waals surface area contributed by atoms with E-state index in [0.717, 1.165) is 27.3 Å². The molecule has 0 fully saturated rings. The number of aryl methyl sites for hydroxylation is 2. The van der Waals surface area contributed by atoms with Gasteiger partial charge in [-0.25, -0.2) is 4.98 Å². The summed E-state index contributed by atoms with van der Waals surface area (Å²) in [6.07, 6.45) is 0. The van der Waals surface area contributed by atoms with E-state index in [2.05, 4.69) is 40.7 Å². The molecule has 0 spiro atoms. The topological polar surface area (TPSA) is 89.8 Å². The van der Waals surface area contributed by atoms with Crippen LogP contribution >= 0.6 is 34.6 Å². The Hall–Kier alpha value is -4.12. The lowest BCUT2D eigenvalue weighted by molar-refractivity contribution is -0.113. The van der Waals surface area contributed by atoms with E-state index in [1.807, 2.05) is 72.1 Å². The summed E-state index contributed by atoms with van der Waals surface area (Å²) in [6.45, 7) is 4.14. The Balaban J connectivity index is 1.31. The lowest BCUT2D eigenvalue weighted by Gasteiger charge is -2.12. The number of hydrogen-bond donors (Lipinski definition) is 1. The van der Waals surface area contributed by atoms with Crippen LogP contribution in [0.1, 0.15) is 11.1 Å². The second-order valence-electron chi connectivity index (χ2n) is 9.13. The minimum atomic E-state index is -0.279. The predicted molar refractivity (Wildman–Crippen MR) is 165 cm³/mol. The molecule has 0 radical (unpaired) electrons. The van der Waals surface area contributed by atoms with Crippen LogP contribution < -0.4 is 10.9 Å². The Bertz CT molecular complexity index is 1900. The third-order valence-electron chi connectivity index (χ3n) is 6.44. The zero-order chi connectivity index (χ0) is 27.6. The van der Waals surface area contributed by atoms with E-state index in [-0.39, 0.29) is 23.2 Å². The van der Waals surface area contributed by atoms with Gasteiger partial charge in [-0.15, -0.1) is 11.3 Å². The van der Waals surface area contributed by atoms with Crippen LogP contribution in [0.15, 0.2) is 94.2 Å². The molecule has 0 aliphatic carbocycles. The van der Waals surface area contributed by atoms with Crippen molar-refractivity contribution in [1.29, 1.82) is 0 Å². The average Bonchev–Trinajstić information content (AvgIpc) is 3.62. The summed E-state index contributed by atoms with van der Waals surface area (Å²) in [5, 5.41) is 6.50. The van der Waals surface area contributed by atoms with Crippen LogP contribution in [0.3, 0.4) is 0 Å². The van der Waals surface area contributed by atoms with Gasteiger partial charge < -0.3 is 0 Å². The number of aromatic nitrogens is 4. The molecule has 0 unspecified atom stereocenters. The lowest BCUT2D eigenvalue weighted by atomic mass is 10.0. The first-order valence-corrected chi connectivity index (χ1v) is 15.1. The van der Waals surface area contributed by atoms with E-state index >= 15 is 0 Å². The maximum Gasteiger partial charge on any atom is 0.268 e. The molecule has 198 valence electrons.